The molecule has 9 atom stereocenters. The number of hydrogen-bond donors (Lipinski definition) is 2. The number of piperazine rings is 1. The zero-order valence-corrected chi connectivity index (χ0v) is 29.5. The lowest BCUT2D eigenvalue weighted by Crippen LogP contribution is -2.63. The second-order valence-corrected chi connectivity index (χ2v) is 17.3. The fraction of sp³-hybridized carbons (Fsp3) is 0.771. The fourth-order valence-corrected chi connectivity index (χ4v) is 12.0. The van der Waals surface area contributed by atoms with Gasteiger partial charge in [-0.05, 0) is 42.9 Å². The maximum Gasteiger partial charge on any atom is 0.316 e. The minimum Gasteiger partial charge on any atom is -0.461 e. The van der Waals surface area contributed by atoms with E-state index >= 15 is 0 Å². The number of Topliss-reactive ketones (excluding diaryl/α,β-unsaturated/α-hetero) is 1. The second kappa shape index (κ2) is 12.9. The van der Waals surface area contributed by atoms with Crippen LogP contribution in [0.3, 0.4) is 0 Å². The summed E-state index contributed by atoms with van der Waals surface area (Å²) in [7, 11) is 0. The van der Waals surface area contributed by atoms with Gasteiger partial charge < -0.3 is 25.0 Å². The Kier molecular flexibility index (Phi) is 9.55. The van der Waals surface area contributed by atoms with Gasteiger partial charge in [-0.25, -0.2) is 0 Å². The van der Waals surface area contributed by atoms with Gasteiger partial charge in [0.2, 0.25) is 0 Å². The summed E-state index contributed by atoms with van der Waals surface area (Å²) in [6.07, 6.45) is 4.16. The molecule has 5 aliphatic rings. The van der Waals surface area contributed by atoms with E-state index in [2.05, 4.69) is 37.6 Å². The van der Waals surface area contributed by atoms with Crippen molar-refractivity contribution < 1.29 is 19.4 Å². The molecule has 1 unspecified atom stereocenters. The summed E-state index contributed by atoms with van der Waals surface area (Å²) in [4.78, 5) is 57.0. The first-order chi connectivity index (χ1) is 21.9. The smallest absolute Gasteiger partial charge is 0.316 e. The highest BCUT2D eigenvalue weighted by molar-refractivity contribution is 8.00. The number of aliphatic hydroxyl groups is 1. The Morgan fingerprint density at radius 1 is 1.13 bits per heavy atom. The minimum atomic E-state index is -0.691. The highest BCUT2D eigenvalue weighted by Crippen LogP contribution is 2.68. The normalized spacial score (nSPS) is 39.9. The van der Waals surface area contributed by atoms with E-state index in [1.54, 1.807) is 0 Å². The van der Waals surface area contributed by atoms with Crippen molar-refractivity contribution in [2.75, 3.05) is 65.5 Å². The number of ketones is 1. The lowest BCUT2D eigenvalue weighted by molar-refractivity contribution is -0.205. The zero-order valence-electron chi connectivity index (χ0n) is 27.8. The van der Waals surface area contributed by atoms with Gasteiger partial charge in [-0.3, -0.25) is 19.2 Å². The molecule has 3 aliphatic carbocycles. The number of anilines is 2. The van der Waals surface area contributed by atoms with E-state index < -0.39 is 28.5 Å². The van der Waals surface area contributed by atoms with Gasteiger partial charge in [-0.1, -0.05) is 33.8 Å². The minimum absolute atomic E-state index is 0.0243. The molecular weight excluding hydrogens is 623 g/mol. The maximum absolute atomic E-state index is 13.7. The molecule has 1 aromatic carbocycles. The average Bonchev–Trinajstić information content (AvgIpc) is 3.42. The molecule has 2 saturated heterocycles. The Labute approximate surface area is 281 Å². The van der Waals surface area contributed by atoms with Crippen LogP contribution in [0, 0.1) is 34.0 Å². The van der Waals surface area contributed by atoms with Gasteiger partial charge in [0.15, 0.2) is 0 Å². The zero-order chi connectivity index (χ0) is 33.0. The third-order valence-corrected chi connectivity index (χ3v) is 15.1. The number of nitrogens with one attached hydrogen (secondary N) is 1. The summed E-state index contributed by atoms with van der Waals surface area (Å²) >= 11 is 3.33. The quantitative estimate of drug-likeness (QED) is 0.241. The molecule has 2 aliphatic heterocycles. The third kappa shape index (κ3) is 5.39. The number of carbonyl (C=O) groups is 2. The molecule has 0 aromatic heterocycles. The molecule has 2 N–H and O–H groups in total. The first kappa shape index (κ1) is 34.1. The van der Waals surface area contributed by atoms with Crippen molar-refractivity contribution >= 4 is 46.7 Å². The Hall–Kier alpha value is -1.82. The molecule has 0 amide bonds. The van der Waals surface area contributed by atoms with E-state index in [9.17, 15) is 24.3 Å². The average molecular weight is 674 g/mol. The number of esters is 1. The summed E-state index contributed by atoms with van der Waals surface area (Å²) in [5.41, 5.74) is -1.17. The van der Waals surface area contributed by atoms with Crippen molar-refractivity contribution in [3.8, 4) is 0 Å². The van der Waals surface area contributed by atoms with Gasteiger partial charge in [0, 0.05) is 79.2 Å². The van der Waals surface area contributed by atoms with E-state index in [1.807, 2.05) is 29.7 Å². The van der Waals surface area contributed by atoms with Crippen molar-refractivity contribution in [2.45, 2.75) is 78.0 Å². The number of rotatable bonds is 8. The first-order valence-electron chi connectivity index (χ1n) is 17.1. The molecule has 6 rings (SSSR count). The van der Waals surface area contributed by atoms with E-state index in [4.69, 9.17) is 4.74 Å². The maximum atomic E-state index is 13.7. The van der Waals surface area contributed by atoms with Crippen molar-refractivity contribution in [1.29, 1.82) is 0 Å². The molecule has 9 nitrogen and oxygen atoms in total. The lowest BCUT2D eigenvalue weighted by Gasteiger charge is -2.61. The molecule has 0 radical (unpaired) electrons. The van der Waals surface area contributed by atoms with Gasteiger partial charge in [0.05, 0.1) is 11.9 Å². The molecule has 0 spiro atoms. The topological polar surface area (TPSA) is 116 Å². The van der Waals surface area contributed by atoms with Crippen molar-refractivity contribution in [3.05, 3.63) is 33.1 Å². The number of aliphatic hydroxyl groups excluding tert-OH is 1. The second-order valence-electron chi connectivity index (χ2n) is 15.1. The van der Waals surface area contributed by atoms with E-state index in [-0.39, 0.29) is 52.1 Å². The molecule has 254 valence electrons. The summed E-state index contributed by atoms with van der Waals surface area (Å²) in [6.45, 7) is 16.3. The van der Waals surface area contributed by atoms with E-state index in [1.165, 1.54) is 11.8 Å². The first-order valence-corrected chi connectivity index (χ1v) is 19.4. The van der Waals surface area contributed by atoms with Crippen molar-refractivity contribution in [3.63, 3.8) is 0 Å². The number of hydrogen-bond acceptors (Lipinski definition) is 11. The van der Waals surface area contributed by atoms with Gasteiger partial charge in [0.1, 0.15) is 23.3 Å². The van der Waals surface area contributed by atoms with E-state index in [0.717, 1.165) is 43.9 Å². The molecule has 2 heterocycles. The van der Waals surface area contributed by atoms with Crippen molar-refractivity contribution in [2.24, 2.45) is 34.0 Å². The molecule has 1 aromatic rings. The highest BCUT2D eigenvalue weighted by atomic mass is 32.2. The van der Waals surface area contributed by atoms with Crippen LogP contribution in [0.1, 0.15) is 59.8 Å². The Morgan fingerprint density at radius 3 is 2.57 bits per heavy atom. The number of ether oxygens (including phenoxy) is 1. The Bertz CT molecular complexity index is 1420. The van der Waals surface area contributed by atoms with Crippen LogP contribution in [0.15, 0.2) is 22.2 Å². The van der Waals surface area contributed by atoms with Crippen molar-refractivity contribution in [1.82, 2.24) is 5.32 Å². The summed E-state index contributed by atoms with van der Waals surface area (Å²) in [5, 5.41) is 15.1. The molecule has 2 bridgehead atoms. The van der Waals surface area contributed by atoms with Gasteiger partial charge in [-0.15, -0.1) is 18.3 Å². The Balaban J connectivity index is 1.18. The predicted molar refractivity (Wildman–Crippen MR) is 187 cm³/mol. The molecule has 46 heavy (non-hydrogen) atoms. The Morgan fingerprint density at radius 2 is 1.85 bits per heavy atom. The van der Waals surface area contributed by atoms with Gasteiger partial charge in [0.25, 0.3) is 10.9 Å². The van der Waals surface area contributed by atoms with Crippen LogP contribution in [0.4, 0.5) is 11.4 Å². The van der Waals surface area contributed by atoms with Gasteiger partial charge in [-0.2, -0.15) is 11.8 Å². The SMILES string of the molecule is C=C[C@]1(C)C[C@@H](OC(=O)CSCC2CSCCN2c2c(N3CCNCC3)c(=O)c2=O)[C@]2(C)[C@H](C)CC[C@]3(CCC(=O)[C@H]32)[C@@H](C)[C@@H]1O. The fourth-order valence-electron chi connectivity index (χ4n) is 9.88. The third-order valence-electron chi connectivity index (χ3n) is 12.9. The van der Waals surface area contributed by atoms with E-state index in [0.29, 0.717) is 49.6 Å². The highest BCUT2D eigenvalue weighted by Gasteiger charge is 2.68. The van der Waals surface area contributed by atoms with Crippen LogP contribution < -0.4 is 26.0 Å². The molecule has 3 saturated carbocycles. The lowest BCUT2D eigenvalue weighted by atomic mass is 9.44. The van der Waals surface area contributed by atoms with Crippen LogP contribution in [-0.2, 0) is 14.3 Å². The van der Waals surface area contributed by atoms with Crippen LogP contribution in [-0.4, -0.2) is 90.8 Å². The van der Waals surface area contributed by atoms with Crippen LogP contribution >= 0.6 is 23.5 Å². The largest absolute Gasteiger partial charge is 0.461 e. The predicted octanol–water partition coefficient (Wildman–Crippen LogP) is 3.25. The van der Waals surface area contributed by atoms with Crippen LogP contribution in [0.2, 0.25) is 0 Å². The molecule has 11 heteroatoms. The summed E-state index contributed by atoms with van der Waals surface area (Å²) in [5.74, 6) is 2.29. The number of thioether (sulfide) groups is 2. The summed E-state index contributed by atoms with van der Waals surface area (Å²) < 4.78 is 6.43. The molecular formula is C35H51N3O6S2. The van der Waals surface area contributed by atoms with Gasteiger partial charge >= 0.3 is 5.97 Å². The standard InChI is InChI=1S/C35H51N3O6S2/c1-6-33(4)17-25(34(5)21(2)7-9-35(22(3)32(33)43)10-8-24(39)31(34)35)44-26(40)20-46-19-23-18-45-16-15-38(23)28-27(29(41)30(28)42)37-13-11-36-12-14-37/h6,21-23,25,31-32,36,43H,1,7-20H2,2-5H3/t21-,22+,23?,25-,31+,32+,33-,34+,35+/m1/s1. The number of nitrogens with zero attached hydrogens (tertiary/aromatic N) is 2. The monoisotopic (exact) mass is 673 g/mol. The summed E-state index contributed by atoms with van der Waals surface area (Å²) in [6, 6.07) is 0.0243. The van der Waals surface area contributed by atoms with Crippen LogP contribution in [0.25, 0.3) is 0 Å². The van der Waals surface area contributed by atoms with Crippen LogP contribution in [0.5, 0.6) is 0 Å². The molecule has 5 fully saturated rings. The number of carbonyl (C=O) groups excluding carboxylic acids is 2.